The molecule has 2 aromatic carbocycles. The first kappa shape index (κ1) is 22.1. The first-order valence-corrected chi connectivity index (χ1v) is 11.4. The molecule has 1 saturated heterocycles. The Morgan fingerprint density at radius 2 is 2.03 bits per heavy atom. The van der Waals surface area contributed by atoms with Crippen molar-refractivity contribution in [3.8, 4) is 11.4 Å². The third kappa shape index (κ3) is 5.57. The minimum atomic E-state index is -0.536. The van der Waals surface area contributed by atoms with Crippen LogP contribution < -0.4 is 5.32 Å². The summed E-state index contributed by atoms with van der Waals surface area (Å²) in [5.41, 5.74) is 1.31. The molecule has 1 N–H and O–H groups in total. The molecule has 3 aromatic rings. The minimum Gasteiger partial charge on any atom is -0.376 e. The van der Waals surface area contributed by atoms with E-state index in [9.17, 15) is 9.18 Å². The Bertz CT molecular complexity index is 1070. The van der Waals surface area contributed by atoms with Crippen LogP contribution in [0.1, 0.15) is 12.8 Å². The standard InChI is InChI=1S/C21H19Cl2FN4O2S/c22-14-5-3-13(4-6-14)20-26-27-21(28(20)11-16-2-1-9-30-16)31-12-19(29)25-15-7-8-18(24)17(23)10-15/h3-8,10,16H,1-2,9,11-12H2,(H,25,29)/t16-/m1/s1. The smallest absolute Gasteiger partial charge is 0.234 e. The Morgan fingerprint density at radius 3 is 2.74 bits per heavy atom. The van der Waals surface area contributed by atoms with Crippen molar-refractivity contribution in [2.45, 2.75) is 30.6 Å². The van der Waals surface area contributed by atoms with Gasteiger partial charge in [-0.05, 0) is 55.3 Å². The van der Waals surface area contributed by atoms with Crippen molar-refractivity contribution in [1.29, 1.82) is 0 Å². The van der Waals surface area contributed by atoms with E-state index in [4.69, 9.17) is 27.9 Å². The first-order valence-electron chi connectivity index (χ1n) is 9.68. The van der Waals surface area contributed by atoms with Gasteiger partial charge in [-0.1, -0.05) is 35.0 Å². The largest absolute Gasteiger partial charge is 0.376 e. The van der Waals surface area contributed by atoms with Gasteiger partial charge >= 0.3 is 0 Å². The average Bonchev–Trinajstić information content (AvgIpc) is 3.40. The van der Waals surface area contributed by atoms with Crippen LogP contribution in [0.5, 0.6) is 0 Å². The Labute approximate surface area is 193 Å². The Morgan fingerprint density at radius 1 is 1.23 bits per heavy atom. The van der Waals surface area contributed by atoms with Gasteiger partial charge in [0.1, 0.15) is 5.82 Å². The van der Waals surface area contributed by atoms with Gasteiger partial charge in [-0.2, -0.15) is 0 Å². The van der Waals surface area contributed by atoms with E-state index < -0.39 is 5.82 Å². The molecule has 0 bridgehead atoms. The number of anilines is 1. The second-order valence-electron chi connectivity index (χ2n) is 7.02. The molecule has 1 aromatic heterocycles. The number of carbonyl (C=O) groups is 1. The molecule has 0 spiro atoms. The third-order valence-electron chi connectivity index (χ3n) is 4.77. The molecule has 0 aliphatic carbocycles. The molecule has 31 heavy (non-hydrogen) atoms. The highest BCUT2D eigenvalue weighted by Gasteiger charge is 2.22. The fraction of sp³-hybridized carbons (Fsp3) is 0.286. The highest BCUT2D eigenvalue weighted by atomic mass is 35.5. The highest BCUT2D eigenvalue weighted by molar-refractivity contribution is 7.99. The Kier molecular flexibility index (Phi) is 7.12. The maximum Gasteiger partial charge on any atom is 0.234 e. The fourth-order valence-electron chi connectivity index (χ4n) is 3.27. The quantitative estimate of drug-likeness (QED) is 0.464. The molecule has 1 fully saturated rings. The van der Waals surface area contributed by atoms with Crippen LogP contribution in [0.15, 0.2) is 47.6 Å². The van der Waals surface area contributed by atoms with Crippen LogP contribution in [0.25, 0.3) is 11.4 Å². The van der Waals surface area contributed by atoms with Crippen LogP contribution in [0, 0.1) is 5.82 Å². The van der Waals surface area contributed by atoms with Crippen molar-refractivity contribution in [3.63, 3.8) is 0 Å². The summed E-state index contributed by atoms with van der Waals surface area (Å²) >= 11 is 13.1. The monoisotopic (exact) mass is 480 g/mol. The molecule has 10 heteroatoms. The molecule has 0 unspecified atom stereocenters. The number of benzene rings is 2. The number of carbonyl (C=O) groups excluding carboxylic acids is 1. The summed E-state index contributed by atoms with van der Waals surface area (Å²) in [7, 11) is 0. The number of ether oxygens (including phenoxy) is 1. The molecule has 0 saturated carbocycles. The minimum absolute atomic E-state index is 0.0469. The number of halogens is 3. The molecular weight excluding hydrogens is 462 g/mol. The molecule has 1 aliphatic heterocycles. The van der Waals surface area contributed by atoms with Gasteiger partial charge in [-0.25, -0.2) is 4.39 Å². The molecule has 2 heterocycles. The SMILES string of the molecule is O=C(CSc1nnc(-c2ccc(Cl)cc2)n1C[C@H]1CCCO1)Nc1ccc(F)c(Cl)c1. The zero-order valence-corrected chi connectivity index (χ0v) is 18.7. The lowest BCUT2D eigenvalue weighted by molar-refractivity contribution is -0.113. The van der Waals surface area contributed by atoms with Gasteiger partial charge in [0.05, 0.1) is 23.4 Å². The molecule has 6 nitrogen and oxygen atoms in total. The summed E-state index contributed by atoms with van der Waals surface area (Å²) in [4.78, 5) is 12.4. The first-order chi connectivity index (χ1) is 15.0. The maximum absolute atomic E-state index is 13.3. The number of hydrogen-bond donors (Lipinski definition) is 1. The van der Waals surface area contributed by atoms with Crippen molar-refractivity contribution in [2.24, 2.45) is 0 Å². The topological polar surface area (TPSA) is 69.0 Å². The summed E-state index contributed by atoms with van der Waals surface area (Å²) in [6.07, 6.45) is 2.07. The molecule has 1 atom stereocenters. The van der Waals surface area contributed by atoms with Crippen LogP contribution in [0.2, 0.25) is 10.0 Å². The predicted molar refractivity (Wildman–Crippen MR) is 120 cm³/mol. The number of nitrogens with zero attached hydrogens (tertiary/aromatic N) is 3. The van der Waals surface area contributed by atoms with Gasteiger partial charge in [0.2, 0.25) is 5.91 Å². The van der Waals surface area contributed by atoms with Gasteiger partial charge in [0.15, 0.2) is 11.0 Å². The number of aromatic nitrogens is 3. The number of hydrogen-bond acceptors (Lipinski definition) is 5. The molecule has 4 rings (SSSR count). The van der Waals surface area contributed by atoms with Gasteiger partial charge in [0.25, 0.3) is 0 Å². The zero-order chi connectivity index (χ0) is 21.8. The summed E-state index contributed by atoms with van der Waals surface area (Å²) in [6.45, 7) is 1.34. The molecule has 1 aliphatic rings. The highest BCUT2D eigenvalue weighted by Crippen LogP contribution is 2.28. The Balaban J connectivity index is 1.49. The van der Waals surface area contributed by atoms with E-state index in [0.717, 1.165) is 25.0 Å². The van der Waals surface area contributed by atoms with Crippen LogP contribution in [0.3, 0.4) is 0 Å². The van der Waals surface area contributed by atoms with Gasteiger partial charge < -0.3 is 10.1 Å². The normalized spacial score (nSPS) is 15.9. The van der Waals surface area contributed by atoms with E-state index in [2.05, 4.69) is 15.5 Å². The Hall–Kier alpha value is -2.13. The van der Waals surface area contributed by atoms with Gasteiger partial charge in [-0.15, -0.1) is 10.2 Å². The lowest BCUT2D eigenvalue weighted by atomic mass is 10.2. The number of thioether (sulfide) groups is 1. The lowest BCUT2D eigenvalue weighted by Gasteiger charge is -2.15. The van der Waals surface area contributed by atoms with Gasteiger partial charge in [0, 0.05) is 22.9 Å². The van der Waals surface area contributed by atoms with Crippen molar-refractivity contribution in [2.75, 3.05) is 17.7 Å². The third-order valence-corrected chi connectivity index (χ3v) is 6.27. The van der Waals surface area contributed by atoms with E-state index in [1.165, 1.54) is 30.0 Å². The number of nitrogens with one attached hydrogen (secondary N) is 1. The number of rotatable bonds is 7. The van der Waals surface area contributed by atoms with E-state index in [-0.39, 0.29) is 22.8 Å². The van der Waals surface area contributed by atoms with E-state index >= 15 is 0 Å². The molecular formula is C21H19Cl2FN4O2S. The van der Waals surface area contributed by atoms with Crippen LogP contribution in [-0.4, -0.2) is 39.1 Å². The summed E-state index contributed by atoms with van der Waals surface area (Å²) in [6, 6.07) is 11.4. The van der Waals surface area contributed by atoms with Crippen molar-refractivity contribution in [1.82, 2.24) is 14.8 Å². The van der Waals surface area contributed by atoms with E-state index in [1.54, 1.807) is 12.1 Å². The average molecular weight is 481 g/mol. The van der Waals surface area contributed by atoms with Crippen molar-refractivity contribution >= 4 is 46.6 Å². The fourth-order valence-corrected chi connectivity index (χ4v) is 4.32. The van der Waals surface area contributed by atoms with Crippen molar-refractivity contribution < 1.29 is 13.9 Å². The summed E-state index contributed by atoms with van der Waals surface area (Å²) < 4.78 is 21.1. The summed E-state index contributed by atoms with van der Waals surface area (Å²) in [5.74, 6) is 0.0120. The van der Waals surface area contributed by atoms with Crippen LogP contribution in [0.4, 0.5) is 10.1 Å². The molecule has 162 valence electrons. The van der Waals surface area contributed by atoms with Crippen LogP contribution in [-0.2, 0) is 16.1 Å². The van der Waals surface area contributed by atoms with Crippen LogP contribution >= 0.6 is 35.0 Å². The second-order valence-corrected chi connectivity index (χ2v) is 8.81. The number of amides is 1. The van der Waals surface area contributed by atoms with Crippen molar-refractivity contribution in [3.05, 3.63) is 58.3 Å². The molecule has 0 radical (unpaired) electrons. The van der Waals surface area contributed by atoms with Gasteiger partial charge in [-0.3, -0.25) is 9.36 Å². The predicted octanol–water partition coefficient (Wildman–Crippen LogP) is 5.30. The summed E-state index contributed by atoms with van der Waals surface area (Å²) in [5, 5.41) is 12.6. The maximum atomic E-state index is 13.3. The zero-order valence-electron chi connectivity index (χ0n) is 16.4. The van der Waals surface area contributed by atoms with E-state index in [1.807, 2.05) is 16.7 Å². The lowest BCUT2D eigenvalue weighted by Crippen LogP contribution is -2.18. The second kappa shape index (κ2) is 9.99. The molecule has 1 amide bonds. The van der Waals surface area contributed by atoms with E-state index in [0.29, 0.717) is 28.2 Å².